The van der Waals surface area contributed by atoms with Gasteiger partial charge >= 0.3 is 5.97 Å². The number of carbonyl (C=O) groups is 1. The number of nitrogens with zero attached hydrogens (tertiary/aromatic N) is 1. The normalized spacial score (nSPS) is 10.1. The van der Waals surface area contributed by atoms with Crippen molar-refractivity contribution in [1.82, 2.24) is 4.57 Å². The summed E-state index contributed by atoms with van der Waals surface area (Å²) < 4.78 is 1.94. The van der Waals surface area contributed by atoms with Gasteiger partial charge < -0.3 is 9.67 Å². The average molecular weight is 193 g/mol. The Hall–Kier alpha value is -1.51. The second kappa shape index (κ2) is 4.13. The van der Waals surface area contributed by atoms with Gasteiger partial charge in [-0.05, 0) is 19.4 Å². The van der Waals surface area contributed by atoms with Gasteiger partial charge in [-0.25, -0.2) is 4.79 Å². The Kier molecular flexibility index (Phi) is 3.12. The van der Waals surface area contributed by atoms with Gasteiger partial charge in [0.05, 0.1) is 5.56 Å². The SMILES string of the molecule is C=C(C)Cn1ccc(C(=O)O)c1CC. The predicted octanol–water partition coefficient (Wildman–Crippen LogP) is 2.32. The van der Waals surface area contributed by atoms with Gasteiger partial charge in [0.25, 0.3) is 0 Å². The van der Waals surface area contributed by atoms with Crippen molar-refractivity contribution in [2.75, 3.05) is 0 Å². The largest absolute Gasteiger partial charge is 0.478 e. The third-order valence-corrected chi connectivity index (χ3v) is 2.08. The Morgan fingerprint density at radius 2 is 2.29 bits per heavy atom. The summed E-state index contributed by atoms with van der Waals surface area (Å²) in [7, 11) is 0. The van der Waals surface area contributed by atoms with Crippen LogP contribution in [0.4, 0.5) is 0 Å². The van der Waals surface area contributed by atoms with Crippen molar-refractivity contribution in [2.24, 2.45) is 0 Å². The van der Waals surface area contributed by atoms with E-state index >= 15 is 0 Å². The van der Waals surface area contributed by atoms with Crippen LogP contribution in [-0.4, -0.2) is 15.6 Å². The fraction of sp³-hybridized carbons (Fsp3) is 0.364. The van der Waals surface area contributed by atoms with Gasteiger partial charge in [0.2, 0.25) is 0 Å². The smallest absolute Gasteiger partial charge is 0.337 e. The molecule has 0 radical (unpaired) electrons. The first-order valence-corrected chi connectivity index (χ1v) is 4.62. The first-order chi connectivity index (χ1) is 6.56. The molecule has 0 bridgehead atoms. The van der Waals surface area contributed by atoms with E-state index in [0.717, 1.165) is 17.7 Å². The molecular formula is C11H15NO2. The van der Waals surface area contributed by atoms with E-state index in [4.69, 9.17) is 5.11 Å². The maximum atomic E-state index is 10.8. The van der Waals surface area contributed by atoms with Gasteiger partial charge in [-0.2, -0.15) is 0 Å². The molecule has 0 aliphatic heterocycles. The summed E-state index contributed by atoms with van der Waals surface area (Å²) in [5, 5.41) is 8.91. The maximum Gasteiger partial charge on any atom is 0.337 e. The van der Waals surface area contributed by atoms with Crippen LogP contribution in [-0.2, 0) is 13.0 Å². The van der Waals surface area contributed by atoms with E-state index in [-0.39, 0.29) is 0 Å². The molecule has 1 rings (SSSR count). The highest BCUT2D eigenvalue weighted by atomic mass is 16.4. The third-order valence-electron chi connectivity index (χ3n) is 2.08. The molecule has 0 amide bonds. The summed E-state index contributed by atoms with van der Waals surface area (Å²) in [6, 6.07) is 1.64. The number of hydrogen-bond acceptors (Lipinski definition) is 1. The first-order valence-electron chi connectivity index (χ1n) is 4.62. The minimum absolute atomic E-state index is 0.397. The Balaban J connectivity index is 3.07. The molecule has 0 saturated carbocycles. The van der Waals surface area contributed by atoms with Crippen molar-refractivity contribution >= 4 is 5.97 Å². The summed E-state index contributed by atoms with van der Waals surface area (Å²) in [6.07, 6.45) is 2.53. The molecule has 0 unspecified atom stereocenters. The molecule has 1 aromatic heterocycles. The lowest BCUT2D eigenvalue weighted by Gasteiger charge is -2.07. The minimum atomic E-state index is -0.859. The van der Waals surface area contributed by atoms with E-state index in [1.807, 2.05) is 18.4 Å². The van der Waals surface area contributed by atoms with Crippen molar-refractivity contribution in [1.29, 1.82) is 0 Å². The van der Waals surface area contributed by atoms with E-state index < -0.39 is 5.97 Å². The van der Waals surface area contributed by atoms with Gasteiger partial charge in [0.1, 0.15) is 0 Å². The summed E-state index contributed by atoms with van der Waals surface area (Å²) in [5.41, 5.74) is 2.28. The molecule has 0 aliphatic rings. The number of carboxylic acid groups (broad SMARTS) is 1. The molecule has 14 heavy (non-hydrogen) atoms. The lowest BCUT2D eigenvalue weighted by Crippen LogP contribution is -2.06. The van der Waals surface area contributed by atoms with Crippen LogP contribution in [0.25, 0.3) is 0 Å². The zero-order valence-corrected chi connectivity index (χ0v) is 8.58. The quantitative estimate of drug-likeness (QED) is 0.746. The summed E-state index contributed by atoms with van der Waals surface area (Å²) >= 11 is 0. The van der Waals surface area contributed by atoms with Gasteiger partial charge in [0, 0.05) is 18.4 Å². The lowest BCUT2D eigenvalue weighted by atomic mass is 10.2. The number of allylic oxidation sites excluding steroid dienone is 1. The van der Waals surface area contributed by atoms with E-state index in [2.05, 4.69) is 6.58 Å². The van der Waals surface area contributed by atoms with Crippen LogP contribution in [0.3, 0.4) is 0 Å². The van der Waals surface area contributed by atoms with Gasteiger partial charge in [-0.3, -0.25) is 0 Å². The Bertz CT molecular complexity index is 363. The number of aromatic nitrogens is 1. The highest BCUT2D eigenvalue weighted by Crippen LogP contribution is 2.13. The Labute approximate surface area is 83.7 Å². The fourth-order valence-electron chi connectivity index (χ4n) is 1.53. The zero-order chi connectivity index (χ0) is 10.7. The Morgan fingerprint density at radius 1 is 1.64 bits per heavy atom. The fourth-order valence-corrected chi connectivity index (χ4v) is 1.53. The number of rotatable bonds is 4. The van der Waals surface area contributed by atoms with Gasteiger partial charge in [0.15, 0.2) is 0 Å². The molecule has 3 nitrogen and oxygen atoms in total. The maximum absolute atomic E-state index is 10.8. The molecule has 3 heteroatoms. The first kappa shape index (κ1) is 10.6. The second-order valence-corrected chi connectivity index (χ2v) is 3.42. The highest BCUT2D eigenvalue weighted by molar-refractivity contribution is 5.89. The molecule has 0 atom stereocenters. The molecule has 0 spiro atoms. The van der Waals surface area contributed by atoms with E-state index in [1.54, 1.807) is 12.3 Å². The average Bonchev–Trinajstić information content (AvgIpc) is 2.46. The molecule has 76 valence electrons. The van der Waals surface area contributed by atoms with Gasteiger partial charge in [-0.1, -0.05) is 19.1 Å². The predicted molar refractivity (Wildman–Crippen MR) is 55.6 cm³/mol. The number of aromatic carboxylic acids is 1. The number of hydrogen-bond donors (Lipinski definition) is 1. The summed E-state index contributed by atoms with van der Waals surface area (Å²) in [5.74, 6) is -0.859. The van der Waals surface area contributed by atoms with Crippen molar-refractivity contribution in [3.05, 3.63) is 35.7 Å². The van der Waals surface area contributed by atoms with Crippen LogP contribution in [0.1, 0.15) is 29.9 Å². The van der Waals surface area contributed by atoms with Crippen molar-refractivity contribution < 1.29 is 9.90 Å². The standard InChI is InChI=1S/C11H15NO2/c1-4-10-9(11(13)14)5-6-12(10)7-8(2)3/h5-6H,2,4,7H2,1,3H3,(H,13,14). The molecule has 1 N–H and O–H groups in total. The van der Waals surface area contributed by atoms with Crippen LogP contribution < -0.4 is 0 Å². The lowest BCUT2D eigenvalue weighted by molar-refractivity contribution is 0.0695. The van der Waals surface area contributed by atoms with E-state index in [0.29, 0.717) is 12.1 Å². The molecule has 1 heterocycles. The molecule has 0 aliphatic carbocycles. The van der Waals surface area contributed by atoms with Crippen molar-refractivity contribution in [3.63, 3.8) is 0 Å². The molecule has 0 aromatic carbocycles. The van der Waals surface area contributed by atoms with E-state index in [1.165, 1.54) is 0 Å². The van der Waals surface area contributed by atoms with E-state index in [9.17, 15) is 4.79 Å². The molecule has 0 saturated heterocycles. The molecular weight excluding hydrogens is 178 g/mol. The van der Waals surface area contributed by atoms with Crippen LogP contribution in [0.5, 0.6) is 0 Å². The molecule has 1 aromatic rings. The highest BCUT2D eigenvalue weighted by Gasteiger charge is 2.12. The monoisotopic (exact) mass is 193 g/mol. The van der Waals surface area contributed by atoms with Crippen LogP contribution in [0, 0.1) is 0 Å². The number of carboxylic acids is 1. The van der Waals surface area contributed by atoms with Crippen LogP contribution in [0.15, 0.2) is 24.4 Å². The zero-order valence-electron chi connectivity index (χ0n) is 8.58. The Morgan fingerprint density at radius 3 is 2.71 bits per heavy atom. The van der Waals surface area contributed by atoms with Crippen LogP contribution >= 0.6 is 0 Å². The summed E-state index contributed by atoms with van der Waals surface area (Å²) in [6.45, 7) is 8.39. The summed E-state index contributed by atoms with van der Waals surface area (Å²) in [4.78, 5) is 10.8. The van der Waals surface area contributed by atoms with Gasteiger partial charge in [-0.15, -0.1) is 0 Å². The van der Waals surface area contributed by atoms with Crippen LogP contribution in [0.2, 0.25) is 0 Å². The molecule has 0 fully saturated rings. The minimum Gasteiger partial charge on any atom is -0.478 e. The third kappa shape index (κ3) is 2.05. The van der Waals surface area contributed by atoms with Crippen molar-refractivity contribution in [3.8, 4) is 0 Å². The van der Waals surface area contributed by atoms with Crippen molar-refractivity contribution in [2.45, 2.75) is 26.8 Å². The second-order valence-electron chi connectivity index (χ2n) is 3.42. The topological polar surface area (TPSA) is 42.2 Å².